The second kappa shape index (κ2) is 10.7. The first-order valence-corrected chi connectivity index (χ1v) is 11.6. The number of halogens is 1. The molecule has 2 amide bonds. The fraction of sp³-hybridized carbons (Fsp3) is 0.190. The first kappa shape index (κ1) is 23.9. The summed E-state index contributed by atoms with van der Waals surface area (Å²) in [6.45, 7) is 2.90. The summed E-state index contributed by atoms with van der Waals surface area (Å²) in [5, 5.41) is 16.3. The van der Waals surface area contributed by atoms with E-state index in [1.165, 1.54) is 24.3 Å². The number of aromatic nitrogens is 2. The van der Waals surface area contributed by atoms with Gasteiger partial charge in [0.15, 0.2) is 11.6 Å². The van der Waals surface area contributed by atoms with E-state index in [1.807, 2.05) is 19.1 Å². The molecule has 0 aliphatic heterocycles. The summed E-state index contributed by atoms with van der Waals surface area (Å²) in [6, 6.07) is 12.8. The highest BCUT2D eigenvalue weighted by atomic mass is 32.2. The number of carbonyl (C=O) groups is 1. The second-order valence-electron chi connectivity index (χ2n) is 6.94. The lowest BCUT2D eigenvalue weighted by Gasteiger charge is -2.11. The van der Waals surface area contributed by atoms with Gasteiger partial charge in [-0.1, -0.05) is 12.1 Å². The molecule has 1 heterocycles. The minimum absolute atomic E-state index is 0.0284. The molecule has 12 heteroatoms. The van der Waals surface area contributed by atoms with Gasteiger partial charge in [-0.05, 0) is 55.3 Å². The third-order valence-corrected chi connectivity index (χ3v) is 5.37. The van der Waals surface area contributed by atoms with Crippen LogP contribution in [-0.2, 0) is 16.4 Å². The minimum Gasteiger partial charge on any atom is -0.338 e. The van der Waals surface area contributed by atoms with Crippen molar-refractivity contribution in [1.82, 2.24) is 20.6 Å². The van der Waals surface area contributed by atoms with Crippen LogP contribution in [0, 0.1) is 5.82 Å². The number of amides is 2. The third kappa shape index (κ3) is 7.12. The Morgan fingerprint density at radius 2 is 1.64 bits per heavy atom. The van der Waals surface area contributed by atoms with Gasteiger partial charge in [0.25, 0.3) is 0 Å². The molecule has 3 rings (SSSR count). The summed E-state index contributed by atoms with van der Waals surface area (Å²) < 4.78 is 36.9. The molecule has 0 saturated carbocycles. The van der Waals surface area contributed by atoms with Gasteiger partial charge in [0, 0.05) is 24.5 Å². The van der Waals surface area contributed by atoms with E-state index >= 15 is 0 Å². The Hall–Kier alpha value is -3.77. The molecule has 0 bridgehead atoms. The maximum absolute atomic E-state index is 14.2. The van der Waals surface area contributed by atoms with Crippen LogP contribution in [-0.4, -0.2) is 37.5 Å². The lowest BCUT2D eigenvalue weighted by molar-refractivity contribution is 0.241. The standard InChI is InChI=1S/C21H24FN7O3S/c1-2-24-21(30)25-12-11-14-3-5-15(6-4-14)27-19-18(22)13-26-20(29-19)28-16-7-9-17(10-8-16)33(23,31)32/h3-10,13H,2,11-12H2,1H3,(H2,23,31,32)(H2,24,25,30)(H2,26,27,28,29). The van der Waals surface area contributed by atoms with E-state index in [-0.39, 0.29) is 22.7 Å². The van der Waals surface area contributed by atoms with E-state index in [4.69, 9.17) is 5.14 Å². The Labute approximate surface area is 190 Å². The van der Waals surface area contributed by atoms with Crippen molar-refractivity contribution in [1.29, 1.82) is 0 Å². The molecule has 174 valence electrons. The maximum Gasteiger partial charge on any atom is 0.314 e. The van der Waals surface area contributed by atoms with Gasteiger partial charge in [-0.15, -0.1) is 0 Å². The lowest BCUT2D eigenvalue weighted by atomic mass is 10.1. The smallest absolute Gasteiger partial charge is 0.314 e. The van der Waals surface area contributed by atoms with Crippen molar-refractivity contribution in [3.05, 3.63) is 66.1 Å². The molecule has 0 fully saturated rings. The van der Waals surface area contributed by atoms with E-state index in [9.17, 15) is 17.6 Å². The largest absolute Gasteiger partial charge is 0.338 e. The number of urea groups is 1. The van der Waals surface area contributed by atoms with Crippen LogP contribution in [0.25, 0.3) is 0 Å². The highest BCUT2D eigenvalue weighted by molar-refractivity contribution is 7.89. The van der Waals surface area contributed by atoms with Crippen LogP contribution in [0.5, 0.6) is 0 Å². The Balaban J connectivity index is 1.62. The highest BCUT2D eigenvalue weighted by Gasteiger charge is 2.10. The lowest BCUT2D eigenvalue weighted by Crippen LogP contribution is -2.36. The van der Waals surface area contributed by atoms with Gasteiger partial charge >= 0.3 is 6.03 Å². The predicted octanol–water partition coefficient (Wildman–Crippen LogP) is 2.61. The van der Waals surface area contributed by atoms with E-state index in [0.29, 0.717) is 30.9 Å². The van der Waals surface area contributed by atoms with Gasteiger partial charge in [0.1, 0.15) is 0 Å². The van der Waals surface area contributed by atoms with E-state index in [2.05, 4.69) is 31.2 Å². The summed E-state index contributed by atoms with van der Waals surface area (Å²) in [5.41, 5.74) is 2.13. The molecule has 3 aromatic rings. The predicted molar refractivity (Wildman–Crippen MR) is 124 cm³/mol. The number of anilines is 4. The molecular formula is C21H24FN7O3S. The van der Waals surface area contributed by atoms with E-state index < -0.39 is 15.8 Å². The Morgan fingerprint density at radius 1 is 1.00 bits per heavy atom. The molecule has 0 spiro atoms. The number of benzene rings is 2. The highest BCUT2D eigenvalue weighted by Crippen LogP contribution is 2.21. The van der Waals surface area contributed by atoms with Gasteiger partial charge < -0.3 is 21.3 Å². The first-order chi connectivity index (χ1) is 15.7. The fourth-order valence-electron chi connectivity index (χ4n) is 2.81. The SMILES string of the molecule is CCNC(=O)NCCc1ccc(Nc2nc(Nc3ccc(S(N)(=O)=O)cc3)ncc2F)cc1. The Morgan fingerprint density at radius 3 is 2.27 bits per heavy atom. The topological polar surface area (TPSA) is 151 Å². The number of rotatable bonds is 9. The van der Waals surface area contributed by atoms with Gasteiger partial charge in [-0.3, -0.25) is 0 Å². The van der Waals surface area contributed by atoms with Gasteiger partial charge in [-0.2, -0.15) is 4.98 Å². The average molecular weight is 474 g/mol. The van der Waals surface area contributed by atoms with Crippen molar-refractivity contribution in [3.63, 3.8) is 0 Å². The van der Waals surface area contributed by atoms with E-state index in [1.54, 1.807) is 12.1 Å². The summed E-state index contributed by atoms with van der Waals surface area (Å²) in [5.74, 6) is -0.546. The molecule has 0 saturated heterocycles. The zero-order chi connectivity index (χ0) is 23.8. The van der Waals surface area contributed by atoms with E-state index in [0.717, 1.165) is 11.8 Å². The van der Waals surface area contributed by atoms with Crippen LogP contribution in [0.1, 0.15) is 12.5 Å². The van der Waals surface area contributed by atoms with Crippen molar-refractivity contribution < 1.29 is 17.6 Å². The normalized spacial score (nSPS) is 11.0. The summed E-state index contributed by atoms with van der Waals surface area (Å²) in [6.07, 6.45) is 1.68. The number of primary sulfonamides is 1. The quantitative estimate of drug-likeness (QED) is 0.320. The summed E-state index contributed by atoms with van der Waals surface area (Å²) in [4.78, 5) is 19.4. The zero-order valence-corrected chi connectivity index (χ0v) is 18.6. The van der Waals surface area contributed by atoms with Crippen LogP contribution in [0.4, 0.5) is 32.3 Å². The number of hydrogen-bond acceptors (Lipinski definition) is 7. The number of nitrogens with two attached hydrogens (primary N) is 1. The molecule has 0 radical (unpaired) electrons. The molecule has 0 aliphatic rings. The zero-order valence-electron chi connectivity index (χ0n) is 17.8. The molecule has 0 unspecified atom stereocenters. The number of nitrogens with one attached hydrogen (secondary N) is 4. The fourth-order valence-corrected chi connectivity index (χ4v) is 3.32. The molecule has 2 aromatic carbocycles. The van der Waals surface area contributed by atoms with Gasteiger partial charge in [0.05, 0.1) is 11.1 Å². The first-order valence-electron chi connectivity index (χ1n) is 10.0. The second-order valence-corrected chi connectivity index (χ2v) is 8.50. The number of hydrogen-bond donors (Lipinski definition) is 5. The minimum atomic E-state index is -3.79. The monoisotopic (exact) mass is 473 g/mol. The third-order valence-electron chi connectivity index (χ3n) is 4.44. The Kier molecular flexibility index (Phi) is 7.74. The number of sulfonamides is 1. The number of carbonyl (C=O) groups excluding carboxylic acids is 1. The van der Waals surface area contributed by atoms with Crippen LogP contribution in [0.3, 0.4) is 0 Å². The Bertz CT molecular complexity index is 1200. The maximum atomic E-state index is 14.2. The molecule has 33 heavy (non-hydrogen) atoms. The molecule has 0 atom stereocenters. The van der Waals surface area contributed by atoms with Crippen LogP contribution in [0.2, 0.25) is 0 Å². The van der Waals surface area contributed by atoms with Crippen molar-refractivity contribution in [2.24, 2.45) is 5.14 Å². The van der Waals surface area contributed by atoms with Crippen molar-refractivity contribution in [2.75, 3.05) is 23.7 Å². The number of nitrogens with zero attached hydrogens (tertiary/aromatic N) is 2. The molecule has 10 nitrogen and oxygen atoms in total. The molecule has 6 N–H and O–H groups in total. The van der Waals surface area contributed by atoms with Crippen LogP contribution < -0.4 is 26.4 Å². The van der Waals surface area contributed by atoms with Crippen molar-refractivity contribution in [3.8, 4) is 0 Å². The van der Waals surface area contributed by atoms with Gasteiger partial charge in [0.2, 0.25) is 16.0 Å². The molecule has 1 aromatic heterocycles. The van der Waals surface area contributed by atoms with Crippen LogP contribution in [0.15, 0.2) is 59.6 Å². The van der Waals surface area contributed by atoms with Crippen LogP contribution >= 0.6 is 0 Å². The van der Waals surface area contributed by atoms with Crippen molar-refractivity contribution in [2.45, 2.75) is 18.2 Å². The average Bonchev–Trinajstić information content (AvgIpc) is 2.77. The summed E-state index contributed by atoms with van der Waals surface area (Å²) >= 11 is 0. The molecular weight excluding hydrogens is 449 g/mol. The van der Waals surface area contributed by atoms with Gasteiger partial charge in [-0.25, -0.2) is 27.7 Å². The van der Waals surface area contributed by atoms with Crippen molar-refractivity contribution >= 4 is 39.2 Å². The molecule has 0 aliphatic carbocycles. The summed E-state index contributed by atoms with van der Waals surface area (Å²) in [7, 11) is -3.79.